The van der Waals surface area contributed by atoms with E-state index in [0.29, 0.717) is 14.7 Å². The Morgan fingerprint density at radius 3 is 2.68 bits per heavy atom. The van der Waals surface area contributed by atoms with Gasteiger partial charge in [-0.25, -0.2) is 5.43 Å². The van der Waals surface area contributed by atoms with Gasteiger partial charge in [-0.1, -0.05) is 46.3 Å². The Morgan fingerprint density at radius 1 is 1.32 bits per heavy atom. The molecule has 2 aromatic rings. The van der Waals surface area contributed by atoms with E-state index >= 15 is 0 Å². The number of nitrogens with one attached hydrogen (secondary N) is 1. The van der Waals surface area contributed by atoms with Gasteiger partial charge in [0.15, 0.2) is 6.10 Å². The molecule has 22 heavy (non-hydrogen) atoms. The van der Waals surface area contributed by atoms with E-state index in [1.807, 2.05) is 22.6 Å². The monoisotopic (exact) mass is 474 g/mol. The molecule has 2 rings (SSSR count). The molecular weight excluding hydrogens is 463 g/mol. The lowest BCUT2D eigenvalue weighted by Gasteiger charge is -2.08. The highest BCUT2D eigenvalue weighted by Crippen LogP contribution is 2.27. The maximum Gasteiger partial charge on any atom is 0.273 e. The number of halogens is 2. The average molecular weight is 475 g/mol. The second-order valence-electron chi connectivity index (χ2n) is 4.37. The minimum atomic E-state index is -1.30. The molecule has 2 aromatic carbocycles. The zero-order chi connectivity index (χ0) is 16.1. The number of aliphatic hydroxyl groups is 1. The van der Waals surface area contributed by atoms with E-state index in [2.05, 4.69) is 26.5 Å². The SMILES string of the molecule is O=C(N/N=C/c1cc(Br)cc(I)c1O)C(O)c1ccccc1. The van der Waals surface area contributed by atoms with Crippen LogP contribution in [0.3, 0.4) is 0 Å². The summed E-state index contributed by atoms with van der Waals surface area (Å²) in [5.74, 6) is -0.572. The molecule has 5 nitrogen and oxygen atoms in total. The lowest BCUT2D eigenvalue weighted by molar-refractivity contribution is -0.129. The maximum atomic E-state index is 11.8. The third-order valence-corrected chi connectivity index (χ3v) is 4.08. The summed E-state index contributed by atoms with van der Waals surface area (Å²) in [5, 5.41) is 23.5. The molecular formula is C15H12BrIN2O3. The molecule has 0 radical (unpaired) electrons. The molecule has 0 fully saturated rings. The first kappa shape index (κ1) is 16.9. The van der Waals surface area contributed by atoms with Gasteiger partial charge in [-0.05, 0) is 40.3 Å². The van der Waals surface area contributed by atoms with Crippen molar-refractivity contribution in [3.8, 4) is 5.75 Å². The summed E-state index contributed by atoms with van der Waals surface area (Å²) in [6.07, 6.45) is 0.0207. The van der Waals surface area contributed by atoms with Gasteiger partial charge in [0, 0.05) is 10.0 Å². The van der Waals surface area contributed by atoms with Crippen LogP contribution in [0.1, 0.15) is 17.2 Å². The number of hydrazone groups is 1. The van der Waals surface area contributed by atoms with Crippen molar-refractivity contribution in [1.82, 2.24) is 5.43 Å². The van der Waals surface area contributed by atoms with Crippen LogP contribution < -0.4 is 5.43 Å². The van der Waals surface area contributed by atoms with Crippen molar-refractivity contribution in [2.24, 2.45) is 5.10 Å². The van der Waals surface area contributed by atoms with Crippen LogP contribution >= 0.6 is 38.5 Å². The van der Waals surface area contributed by atoms with Gasteiger partial charge >= 0.3 is 0 Å². The Hall–Kier alpha value is -1.45. The first-order valence-electron chi connectivity index (χ1n) is 6.23. The number of carbonyl (C=O) groups excluding carboxylic acids is 1. The summed E-state index contributed by atoms with van der Waals surface area (Å²) >= 11 is 5.31. The number of amides is 1. The Labute approximate surface area is 149 Å². The molecule has 0 aliphatic carbocycles. The number of carbonyl (C=O) groups is 1. The zero-order valence-corrected chi connectivity index (χ0v) is 14.9. The van der Waals surface area contributed by atoms with Crippen LogP contribution in [0.15, 0.2) is 52.0 Å². The second-order valence-corrected chi connectivity index (χ2v) is 6.45. The predicted octanol–water partition coefficient (Wildman–Crippen LogP) is 2.94. The lowest BCUT2D eigenvalue weighted by Crippen LogP contribution is -2.25. The van der Waals surface area contributed by atoms with Crippen molar-refractivity contribution in [3.63, 3.8) is 0 Å². The van der Waals surface area contributed by atoms with Crippen molar-refractivity contribution in [2.75, 3.05) is 0 Å². The maximum absolute atomic E-state index is 11.8. The summed E-state index contributed by atoms with van der Waals surface area (Å²) in [5.41, 5.74) is 3.18. The highest BCUT2D eigenvalue weighted by Gasteiger charge is 2.16. The van der Waals surface area contributed by atoms with E-state index in [-0.39, 0.29) is 5.75 Å². The quantitative estimate of drug-likeness (QED) is 0.362. The molecule has 3 N–H and O–H groups in total. The van der Waals surface area contributed by atoms with Crippen molar-refractivity contribution in [1.29, 1.82) is 0 Å². The summed E-state index contributed by atoms with van der Waals surface area (Å²) in [4.78, 5) is 11.8. The summed E-state index contributed by atoms with van der Waals surface area (Å²) in [6.45, 7) is 0. The number of phenols is 1. The van der Waals surface area contributed by atoms with E-state index in [0.717, 1.165) is 4.47 Å². The van der Waals surface area contributed by atoms with Gasteiger partial charge in [0.25, 0.3) is 5.91 Å². The molecule has 1 amide bonds. The summed E-state index contributed by atoms with van der Waals surface area (Å²) in [7, 11) is 0. The Morgan fingerprint density at radius 2 is 2.00 bits per heavy atom. The van der Waals surface area contributed by atoms with Gasteiger partial charge in [0.05, 0.1) is 9.78 Å². The minimum Gasteiger partial charge on any atom is -0.506 e. The number of rotatable bonds is 4. The van der Waals surface area contributed by atoms with Crippen molar-refractivity contribution < 1.29 is 15.0 Å². The average Bonchev–Trinajstić information content (AvgIpc) is 2.51. The van der Waals surface area contributed by atoms with Crippen LogP contribution in [0, 0.1) is 3.57 Å². The van der Waals surface area contributed by atoms with E-state index in [1.165, 1.54) is 6.21 Å². The van der Waals surface area contributed by atoms with Crippen molar-refractivity contribution in [2.45, 2.75) is 6.10 Å². The van der Waals surface area contributed by atoms with Crippen LogP contribution in [-0.4, -0.2) is 22.3 Å². The fraction of sp³-hybridized carbons (Fsp3) is 0.0667. The standard InChI is InChI=1S/C15H12BrIN2O3/c16-11-6-10(13(20)12(17)7-11)8-18-19-15(22)14(21)9-4-2-1-3-5-9/h1-8,14,20-21H,(H,19,22)/b18-8+. The third-order valence-electron chi connectivity index (χ3n) is 2.80. The van der Waals surface area contributed by atoms with Crippen LogP contribution in [0.25, 0.3) is 0 Å². The van der Waals surface area contributed by atoms with Crippen molar-refractivity contribution in [3.05, 3.63) is 61.6 Å². The normalized spacial score (nSPS) is 12.3. The third kappa shape index (κ3) is 4.28. The molecule has 0 heterocycles. The number of phenolic OH excluding ortho intramolecular Hbond substituents is 1. The van der Waals surface area contributed by atoms with E-state index in [9.17, 15) is 15.0 Å². The van der Waals surface area contributed by atoms with Crippen LogP contribution in [-0.2, 0) is 4.79 Å². The number of hydrogen-bond donors (Lipinski definition) is 3. The van der Waals surface area contributed by atoms with Gasteiger partial charge in [-0.2, -0.15) is 5.10 Å². The fourth-order valence-corrected chi connectivity index (χ4v) is 3.25. The topological polar surface area (TPSA) is 81.9 Å². The van der Waals surface area contributed by atoms with Gasteiger partial charge in [0.2, 0.25) is 0 Å². The molecule has 114 valence electrons. The van der Waals surface area contributed by atoms with E-state index in [1.54, 1.807) is 42.5 Å². The number of hydrogen-bond acceptors (Lipinski definition) is 4. The highest BCUT2D eigenvalue weighted by molar-refractivity contribution is 14.1. The molecule has 0 aliphatic rings. The highest BCUT2D eigenvalue weighted by atomic mass is 127. The first-order chi connectivity index (χ1) is 10.5. The van der Waals surface area contributed by atoms with Crippen molar-refractivity contribution >= 4 is 50.6 Å². The molecule has 0 aliphatic heterocycles. The molecule has 0 saturated heterocycles. The van der Waals surface area contributed by atoms with Gasteiger partial charge in [-0.3, -0.25) is 4.79 Å². The Kier molecular flexibility index (Phi) is 5.92. The van der Waals surface area contributed by atoms with E-state index in [4.69, 9.17) is 0 Å². The zero-order valence-electron chi connectivity index (χ0n) is 11.2. The minimum absolute atomic E-state index is 0.0745. The predicted molar refractivity (Wildman–Crippen MR) is 95.7 cm³/mol. The number of benzene rings is 2. The fourth-order valence-electron chi connectivity index (χ4n) is 1.70. The molecule has 0 spiro atoms. The molecule has 7 heteroatoms. The van der Waals surface area contributed by atoms with Crippen LogP contribution in [0.2, 0.25) is 0 Å². The Balaban J connectivity index is 2.05. The van der Waals surface area contributed by atoms with E-state index < -0.39 is 12.0 Å². The second kappa shape index (κ2) is 7.70. The Bertz CT molecular complexity index is 707. The smallest absolute Gasteiger partial charge is 0.273 e. The largest absolute Gasteiger partial charge is 0.506 e. The van der Waals surface area contributed by atoms with Crippen LogP contribution in [0.5, 0.6) is 5.75 Å². The molecule has 0 bridgehead atoms. The lowest BCUT2D eigenvalue weighted by atomic mass is 10.1. The molecule has 1 unspecified atom stereocenters. The molecule has 0 saturated carbocycles. The molecule has 0 aromatic heterocycles. The summed E-state index contributed by atoms with van der Waals surface area (Å²) in [6, 6.07) is 12.0. The van der Waals surface area contributed by atoms with Crippen LogP contribution in [0.4, 0.5) is 0 Å². The number of nitrogens with zero attached hydrogens (tertiary/aromatic N) is 1. The summed E-state index contributed by atoms with van der Waals surface area (Å²) < 4.78 is 1.44. The number of aromatic hydroxyl groups is 1. The van der Waals surface area contributed by atoms with Gasteiger partial charge in [-0.15, -0.1) is 0 Å². The number of aliphatic hydroxyl groups excluding tert-OH is 1. The first-order valence-corrected chi connectivity index (χ1v) is 8.10. The van der Waals surface area contributed by atoms with Gasteiger partial charge < -0.3 is 10.2 Å². The van der Waals surface area contributed by atoms with Gasteiger partial charge in [0.1, 0.15) is 5.75 Å². The molecule has 1 atom stereocenters.